The summed E-state index contributed by atoms with van der Waals surface area (Å²) in [6.45, 7) is 3.99. The van der Waals surface area contributed by atoms with Crippen LogP contribution in [-0.4, -0.2) is 16.4 Å². The summed E-state index contributed by atoms with van der Waals surface area (Å²) in [5.41, 5.74) is 4.91. The molecular formula is C28H24N4O2. The molecule has 0 radical (unpaired) electrons. The number of fused-ring (bicyclic) bond motifs is 1. The molecule has 168 valence electrons. The predicted molar refractivity (Wildman–Crippen MR) is 135 cm³/mol. The molecule has 4 rings (SSSR count). The number of nitrogens with zero attached hydrogens (tertiary/aromatic N) is 2. The summed E-state index contributed by atoms with van der Waals surface area (Å²) in [6.07, 6.45) is 3.35. The largest absolute Gasteiger partial charge is 0.337 e. The Labute approximate surface area is 198 Å². The third-order valence-corrected chi connectivity index (χ3v) is 5.49. The number of rotatable bonds is 6. The predicted octanol–water partition coefficient (Wildman–Crippen LogP) is 5.44. The van der Waals surface area contributed by atoms with Crippen LogP contribution in [0.15, 0.2) is 84.6 Å². The monoisotopic (exact) mass is 448 g/mol. The van der Waals surface area contributed by atoms with Crippen molar-refractivity contribution in [3.63, 3.8) is 0 Å². The van der Waals surface area contributed by atoms with Gasteiger partial charge in [-0.3, -0.25) is 9.59 Å². The van der Waals surface area contributed by atoms with Crippen molar-refractivity contribution in [2.45, 2.75) is 20.4 Å². The number of amides is 2. The zero-order valence-electron chi connectivity index (χ0n) is 19.0. The molecule has 6 nitrogen and oxygen atoms in total. The molecule has 4 aromatic rings. The van der Waals surface area contributed by atoms with E-state index >= 15 is 0 Å². The summed E-state index contributed by atoms with van der Waals surface area (Å²) >= 11 is 0. The van der Waals surface area contributed by atoms with Gasteiger partial charge in [-0.05, 0) is 49.8 Å². The molecule has 1 heterocycles. The summed E-state index contributed by atoms with van der Waals surface area (Å²) in [5, 5.41) is 16.2. The maximum Gasteiger partial charge on any atom is 0.266 e. The maximum atomic E-state index is 12.8. The van der Waals surface area contributed by atoms with Gasteiger partial charge in [-0.25, -0.2) is 0 Å². The van der Waals surface area contributed by atoms with E-state index in [4.69, 9.17) is 0 Å². The third-order valence-electron chi connectivity index (χ3n) is 5.49. The standard InChI is InChI=1S/C28H24N4O2/c1-19-12-13-25(20(2)14-19)31-28(34)21(16-29)15-22-17-32(26-11-7-6-10-24(22)26)18-27(33)30-23-8-4-3-5-9-23/h3-15,17H,18H2,1-2H3,(H,30,33)(H,31,34)/b21-15+. The van der Waals surface area contributed by atoms with Crippen LogP contribution in [0.25, 0.3) is 17.0 Å². The van der Waals surface area contributed by atoms with E-state index in [1.54, 1.807) is 12.3 Å². The quantitative estimate of drug-likeness (QED) is 0.304. The van der Waals surface area contributed by atoms with Gasteiger partial charge in [-0.15, -0.1) is 0 Å². The zero-order valence-corrected chi connectivity index (χ0v) is 19.0. The van der Waals surface area contributed by atoms with E-state index in [9.17, 15) is 14.9 Å². The summed E-state index contributed by atoms with van der Waals surface area (Å²) in [7, 11) is 0. The molecule has 2 amide bonds. The first kappa shape index (κ1) is 22.6. The van der Waals surface area contributed by atoms with Crippen molar-refractivity contribution in [2.75, 3.05) is 10.6 Å². The number of hydrogen-bond acceptors (Lipinski definition) is 3. The first-order chi connectivity index (χ1) is 16.4. The zero-order chi connectivity index (χ0) is 24.1. The Bertz CT molecular complexity index is 1440. The molecule has 0 bridgehead atoms. The molecule has 0 aliphatic rings. The third kappa shape index (κ3) is 5.05. The van der Waals surface area contributed by atoms with Crippen LogP contribution < -0.4 is 10.6 Å². The van der Waals surface area contributed by atoms with Gasteiger partial charge < -0.3 is 15.2 Å². The lowest BCUT2D eigenvalue weighted by Crippen LogP contribution is -2.18. The minimum atomic E-state index is -0.479. The highest BCUT2D eigenvalue weighted by atomic mass is 16.2. The number of carbonyl (C=O) groups is 2. The van der Waals surface area contributed by atoms with Crippen molar-refractivity contribution in [1.29, 1.82) is 5.26 Å². The average Bonchev–Trinajstić information content (AvgIpc) is 3.16. The van der Waals surface area contributed by atoms with Crippen molar-refractivity contribution in [2.24, 2.45) is 0 Å². The second-order valence-electron chi connectivity index (χ2n) is 8.09. The lowest BCUT2D eigenvalue weighted by Gasteiger charge is -2.08. The number of aromatic nitrogens is 1. The summed E-state index contributed by atoms with van der Waals surface area (Å²) in [4.78, 5) is 25.5. The number of nitriles is 1. The number of nitrogens with one attached hydrogen (secondary N) is 2. The Kier molecular flexibility index (Phi) is 6.56. The normalized spacial score (nSPS) is 11.1. The van der Waals surface area contributed by atoms with Gasteiger partial charge in [0.1, 0.15) is 18.2 Å². The Morgan fingerprint density at radius 1 is 0.971 bits per heavy atom. The highest BCUT2D eigenvalue weighted by molar-refractivity contribution is 6.11. The fourth-order valence-electron chi connectivity index (χ4n) is 3.85. The minimum absolute atomic E-state index is 0.0170. The highest BCUT2D eigenvalue weighted by Gasteiger charge is 2.15. The number of aryl methyl sites for hydroxylation is 2. The first-order valence-electron chi connectivity index (χ1n) is 10.9. The van der Waals surface area contributed by atoms with Crippen LogP contribution in [-0.2, 0) is 16.1 Å². The van der Waals surface area contributed by atoms with Crippen LogP contribution in [0, 0.1) is 25.2 Å². The van der Waals surface area contributed by atoms with E-state index in [2.05, 4.69) is 10.6 Å². The molecule has 0 aliphatic heterocycles. The minimum Gasteiger partial charge on any atom is -0.337 e. The van der Waals surface area contributed by atoms with Gasteiger partial charge in [0.05, 0.1) is 0 Å². The summed E-state index contributed by atoms with van der Waals surface area (Å²) in [5.74, 6) is -0.649. The van der Waals surface area contributed by atoms with Crippen LogP contribution in [0.4, 0.5) is 11.4 Å². The molecule has 0 fully saturated rings. The van der Waals surface area contributed by atoms with Gasteiger partial charge in [0.25, 0.3) is 5.91 Å². The molecule has 0 atom stereocenters. The van der Waals surface area contributed by atoms with Gasteiger partial charge in [-0.1, -0.05) is 54.1 Å². The van der Waals surface area contributed by atoms with E-state index < -0.39 is 5.91 Å². The first-order valence-corrected chi connectivity index (χ1v) is 10.9. The SMILES string of the molecule is Cc1ccc(NC(=O)/C(C#N)=C/c2cn(CC(=O)Nc3ccccc3)c3ccccc23)c(C)c1. The average molecular weight is 449 g/mol. The van der Waals surface area contributed by atoms with Crippen LogP contribution in [0.5, 0.6) is 0 Å². The van der Waals surface area contributed by atoms with Crippen molar-refractivity contribution in [3.8, 4) is 6.07 Å². The molecule has 0 unspecified atom stereocenters. The van der Waals surface area contributed by atoms with Gasteiger partial charge >= 0.3 is 0 Å². The van der Waals surface area contributed by atoms with E-state index in [0.717, 1.165) is 27.7 Å². The van der Waals surface area contributed by atoms with E-state index in [-0.39, 0.29) is 18.0 Å². The molecule has 0 spiro atoms. The highest BCUT2D eigenvalue weighted by Crippen LogP contribution is 2.24. The number of para-hydroxylation sites is 2. The van der Waals surface area contributed by atoms with E-state index in [0.29, 0.717) is 11.3 Å². The van der Waals surface area contributed by atoms with Crippen molar-refractivity contribution < 1.29 is 9.59 Å². The lowest BCUT2D eigenvalue weighted by molar-refractivity contribution is -0.116. The van der Waals surface area contributed by atoms with Gasteiger partial charge in [-0.2, -0.15) is 5.26 Å². The van der Waals surface area contributed by atoms with Crippen LogP contribution in [0.2, 0.25) is 0 Å². The fourth-order valence-corrected chi connectivity index (χ4v) is 3.85. The summed E-state index contributed by atoms with van der Waals surface area (Å²) < 4.78 is 1.82. The topological polar surface area (TPSA) is 86.9 Å². The Hall–Kier alpha value is -4.63. The number of anilines is 2. The second kappa shape index (κ2) is 9.88. The molecule has 0 aliphatic carbocycles. The van der Waals surface area contributed by atoms with Crippen LogP contribution in [0.1, 0.15) is 16.7 Å². The van der Waals surface area contributed by atoms with Gasteiger partial charge in [0.15, 0.2) is 0 Å². The molecule has 0 saturated heterocycles. The number of hydrogen-bond donors (Lipinski definition) is 2. The van der Waals surface area contributed by atoms with Crippen LogP contribution >= 0.6 is 0 Å². The molecule has 0 saturated carbocycles. The maximum absolute atomic E-state index is 12.8. The number of carbonyl (C=O) groups excluding carboxylic acids is 2. The molecule has 3 aromatic carbocycles. The molecule has 34 heavy (non-hydrogen) atoms. The number of benzene rings is 3. The second-order valence-corrected chi connectivity index (χ2v) is 8.09. The smallest absolute Gasteiger partial charge is 0.266 e. The van der Waals surface area contributed by atoms with Crippen LogP contribution in [0.3, 0.4) is 0 Å². The van der Waals surface area contributed by atoms with Crippen molar-refractivity contribution >= 4 is 40.2 Å². The Morgan fingerprint density at radius 3 is 2.44 bits per heavy atom. The van der Waals surface area contributed by atoms with Crippen molar-refractivity contribution in [1.82, 2.24) is 4.57 Å². The van der Waals surface area contributed by atoms with Gasteiger partial charge in [0.2, 0.25) is 5.91 Å². The Morgan fingerprint density at radius 2 is 1.71 bits per heavy atom. The molecular weight excluding hydrogens is 424 g/mol. The van der Waals surface area contributed by atoms with Gasteiger partial charge in [0, 0.05) is 34.0 Å². The summed E-state index contributed by atoms with van der Waals surface area (Å²) in [6, 6.07) is 24.6. The molecule has 6 heteroatoms. The lowest BCUT2D eigenvalue weighted by atomic mass is 10.1. The van der Waals surface area contributed by atoms with Crippen molar-refractivity contribution in [3.05, 3.63) is 101 Å². The molecule has 2 N–H and O–H groups in total. The van der Waals surface area contributed by atoms with E-state index in [1.165, 1.54) is 0 Å². The Balaban J connectivity index is 1.61. The molecule has 1 aromatic heterocycles. The fraction of sp³-hybridized carbons (Fsp3) is 0.107. The van der Waals surface area contributed by atoms with E-state index in [1.807, 2.05) is 97.3 Å².